The summed E-state index contributed by atoms with van der Waals surface area (Å²) in [6, 6.07) is 15.2. The number of esters is 1. The first-order valence-electron chi connectivity index (χ1n) is 11.3. The van der Waals surface area contributed by atoms with Crippen LogP contribution < -0.4 is 5.73 Å². The topological polar surface area (TPSA) is 88.1 Å². The van der Waals surface area contributed by atoms with E-state index in [2.05, 4.69) is 4.99 Å². The number of hydrogen-bond acceptors (Lipinski definition) is 4. The minimum Gasteiger partial charge on any atom is -0.439 e. The average molecular weight is 440 g/mol. The van der Waals surface area contributed by atoms with E-state index in [1.54, 1.807) is 29.2 Å². The lowest BCUT2D eigenvalue weighted by molar-refractivity contribution is -0.184. The average Bonchev–Trinajstić information content (AvgIpc) is 3.51. The lowest BCUT2D eigenvalue weighted by atomic mass is 9.80. The highest BCUT2D eigenvalue weighted by molar-refractivity contribution is 5.83. The Hall–Kier alpha value is -2.93. The Morgan fingerprint density at radius 3 is 2.47 bits per heavy atom. The van der Waals surface area contributed by atoms with Crippen molar-refractivity contribution in [1.82, 2.24) is 4.90 Å². The molecule has 0 aromatic heterocycles. The molecule has 0 bridgehead atoms. The third-order valence-electron chi connectivity index (χ3n) is 6.54. The van der Waals surface area contributed by atoms with Gasteiger partial charge >= 0.3 is 5.97 Å². The van der Waals surface area contributed by atoms with Crippen molar-refractivity contribution < 1.29 is 19.0 Å². The molecular formula is C25H30FN3O3. The maximum absolute atomic E-state index is 13.4. The van der Waals surface area contributed by atoms with Crippen molar-refractivity contribution in [2.45, 2.75) is 56.9 Å². The maximum Gasteiger partial charge on any atom is 0.345 e. The van der Waals surface area contributed by atoms with Crippen LogP contribution in [-0.4, -0.2) is 34.7 Å². The monoisotopic (exact) mass is 439 g/mol. The van der Waals surface area contributed by atoms with Gasteiger partial charge in [0.25, 0.3) is 0 Å². The smallest absolute Gasteiger partial charge is 0.345 e. The van der Waals surface area contributed by atoms with Gasteiger partial charge in [-0.15, -0.1) is 0 Å². The van der Waals surface area contributed by atoms with E-state index < -0.39 is 17.8 Å². The molecule has 1 heterocycles. The molecule has 3 N–H and O–H groups in total. The minimum absolute atomic E-state index is 0.170. The number of aliphatic imine (C=N–C) groups is 1. The molecule has 2 atom stereocenters. The molecule has 0 radical (unpaired) electrons. The van der Waals surface area contributed by atoms with Crippen LogP contribution in [0.4, 0.5) is 4.39 Å². The molecule has 0 amide bonds. The van der Waals surface area contributed by atoms with Crippen molar-refractivity contribution in [3.8, 4) is 0 Å². The van der Waals surface area contributed by atoms with Crippen molar-refractivity contribution in [1.29, 1.82) is 0 Å². The van der Waals surface area contributed by atoms with Crippen molar-refractivity contribution in [3.05, 3.63) is 71.5 Å². The molecule has 2 aliphatic rings. The van der Waals surface area contributed by atoms with Crippen molar-refractivity contribution in [3.63, 3.8) is 0 Å². The molecule has 32 heavy (non-hydrogen) atoms. The fourth-order valence-corrected chi connectivity index (χ4v) is 4.74. The molecular weight excluding hydrogens is 409 g/mol. The number of halogens is 1. The first-order valence-corrected chi connectivity index (χ1v) is 11.3. The summed E-state index contributed by atoms with van der Waals surface area (Å²) >= 11 is 0. The van der Waals surface area contributed by atoms with E-state index in [0.29, 0.717) is 25.1 Å². The van der Waals surface area contributed by atoms with Crippen LogP contribution in [0.3, 0.4) is 0 Å². The summed E-state index contributed by atoms with van der Waals surface area (Å²) in [6.45, 7) is 0.920. The SMILES string of the molecule is NC(=NCc1ccc(F)cc1)N1CCC[C@H]1OC(=O)[C@](O)(c1ccccc1)C1CCCC1. The highest BCUT2D eigenvalue weighted by Gasteiger charge is 2.49. The molecule has 7 heteroatoms. The minimum atomic E-state index is -1.67. The van der Waals surface area contributed by atoms with Crippen LogP contribution in [0.1, 0.15) is 49.7 Å². The molecule has 2 aromatic rings. The van der Waals surface area contributed by atoms with Crippen LogP contribution in [0.25, 0.3) is 0 Å². The number of rotatable bonds is 6. The Bertz CT molecular complexity index is 945. The largest absolute Gasteiger partial charge is 0.439 e. The van der Waals surface area contributed by atoms with Crippen molar-refractivity contribution in [2.75, 3.05) is 6.54 Å². The lowest BCUT2D eigenvalue weighted by Gasteiger charge is -2.35. The van der Waals surface area contributed by atoms with Crippen molar-refractivity contribution in [2.24, 2.45) is 16.6 Å². The number of hydrogen-bond donors (Lipinski definition) is 2. The first kappa shape index (κ1) is 22.3. The van der Waals surface area contributed by atoms with Gasteiger partial charge < -0.3 is 20.5 Å². The van der Waals surface area contributed by atoms with Gasteiger partial charge in [0.15, 0.2) is 17.8 Å². The summed E-state index contributed by atoms with van der Waals surface area (Å²) in [5, 5.41) is 11.6. The molecule has 6 nitrogen and oxygen atoms in total. The molecule has 4 rings (SSSR count). The number of likely N-dealkylation sites (tertiary alicyclic amines) is 1. The van der Waals surface area contributed by atoms with Gasteiger partial charge in [-0.25, -0.2) is 14.2 Å². The number of carbonyl (C=O) groups excluding carboxylic acids is 1. The summed E-state index contributed by atoms with van der Waals surface area (Å²) in [5.74, 6) is -0.824. The first-order chi connectivity index (χ1) is 15.5. The van der Waals surface area contributed by atoms with Crippen LogP contribution in [0.5, 0.6) is 0 Å². The van der Waals surface area contributed by atoms with E-state index in [9.17, 15) is 14.3 Å². The number of guanidine groups is 1. The second-order valence-corrected chi connectivity index (χ2v) is 8.61. The third-order valence-corrected chi connectivity index (χ3v) is 6.54. The zero-order chi connectivity index (χ0) is 22.6. The van der Waals surface area contributed by atoms with Gasteiger partial charge in [-0.1, -0.05) is 55.3 Å². The van der Waals surface area contributed by atoms with E-state index in [1.165, 1.54) is 12.1 Å². The van der Waals surface area contributed by atoms with Crippen molar-refractivity contribution >= 4 is 11.9 Å². The maximum atomic E-state index is 13.4. The fraction of sp³-hybridized carbons (Fsp3) is 0.440. The second kappa shape index (κ2) is 9.69. The Morgan fingerprint density at radius 1 is 1.09 bits per heavy atom. The number of aliphatic hydroxyl groups is 1. The molecule has 2 aromatic carbocycles. The van der Waals surface area contributed by atoms with E-state index in [1.807, 2.05) is 18.2 Å². The van der Waals surface area contributed by atoms with E-state index in [4.69, 9.17) is 10.5 Å². The van der Waals surface area contributed by atoms with Crippen LogP contribution >= 0.6 is 0 Å². The van der Waals surface area contributed by atoms with E-state index in [0.717, 1.165) is 37.7 Å². The molecule has 1 saturated carbocycles. The highest BCUT2D eigenvalue weighted by atomic mass is 19.1. The molecule has 2 fully saturated rings. The highest BCUT2D eigenvalue weighted by Crippen LogP contribution is 2.42. The second-order valence-electron chi connectivity index (χ2n) is 8.61. The summed E-state index contributed by atoms with van der Waals surface area (Å²) in [4.78, 5) is 19.5. The Balaban J connectivity index is 1.49. The van der Waals surface area contributed by atoms with Gasteiger partial charge in [0, 0.05) is 18.9 Å². The van der Waals surface area contributed by atoms with Gasteiger partial charge in [0.2, 0.25) is 0 Å². The van der Waals surface area contributed by atoms with Crippen LogP contribution in [0, 0.1) is 11.7 Å². The van der Waals surface area contributed by atoms with Gasteiger partial charge in [0.05, 0.1) is 6.54 Å². The van der Waals surface area contributed by atoms with Gasteiger partial charge in [-0.3, -0.25) is 0 Å². The van der Waals surface area contributed by atoms with E-state index in [-0.39, 0.29) is 17.7 Å². The predicted octanol–water partition coefficient (Wildman–Crippen LogP) is 3.68. The number of nitrogens with two attached hydrogens (primary N) is 1. The predicted molar refractivity (Wildman–Crippen MR) is 120 cm³/mol. The zero-order valence-corrected chi connectivity index (χ0v) is 18.1. The van der Waals surface area contributed by atoms with Crippen LogP contribution in [-0.2, 0) is 21.7 Å². The lowest BCUT2D eigenvalue weighted by Crippen LogP contribution is -2.49. The molecule has 0 unspecified atom stereocenters. The van der Waals surface area contributed by atoms with Gasteiger partial charge in [0.1, 0.15) is 5.82 Å². The molecule has 0 spiro atoms. The zero-order valence-electron chi connectivity index (χ0n) is 18.1. The van der Waals surface area contributed by atoms with E-state index >= 15 is 0 Å². The molecule has 1 aliphatic heterocycles. The number of benzene rings is 2. The number of nitrogens with zero attached hydrogens (tertiary/aromatic N) is 2. The molecule has 1 saturated heterocycles. The van der Waals surface area contributed by atoms with Crippen LogP contribution in [0.2, 0.25) is 0 Å². The number of carbonyl (C=O) groups is 1. The summed E-state index contributed by atoms with van der Waals surface area (Å²) < 4.78 is 19.0. The third kappa shape index (κ3) is 4.63. The number of ether oxygens (including phenoxy) is 1. The molecule has 170 valence electrons. The van der Waals surface area contributed by atoms with Gasteiger partial charge in [-0.05, 0) is 42.5 Å². The standard InChI is InChI=1S/C25H30FN3O3/c26-21-14-12-18(13-15-21)17-28-24(27)29-16-6-11-22(29)32-23(30)25(31,20-9-4-5-10-20)19-7-2-1-3-8-19/h1-3,7-8,12-15,20,22,31H,4-6,9-11,16-17H2,(H2,27,28)/t22-,25+/m1/s1. The molecule has 1 aliphatic carbocycles. The normalized spacial score (nSPS) is 21.5. The fourth-order valence-electron chi connectivity index (χ4n) is 4.74. The Morgan fingerprint density at radius 2 is 1.78 bits per heavy atom. The van der Waals surface area contributed by atoms with Gasteiger partial charge in [-0.2, -0.15) is 0 Å². The Labute approximate surface area is 187 Å². The summed E-state index contributed by atoms with van der Waals surface area (Å²) in [7, 11) is 0. The summed E-state index contributed by atoms with van der Waals surface area (Å²) in [5.41, 5.74) is 5.94. The summed E-state index contributed by atoms with van der Waals surface area (Å²) in [6.07, 6.45) is 4.41. The van der Waals surface area contributed by atoms with Crippen LogP contribution in [0.15, 0.2) is 59.6 Å². The Kier molecular flexibility index (Phi) is 6.74. The quantitative estimate of drug-likeness (QED) is 0.407.